The minimum absolute atomic E-state index is 0.217. The van der Waals surface area contributed by atoms with Gasteiger partial charge in [-0.25, -0.2) is 0 Å². The first-order valence-corrected chi connectivity index (χ1v) is 4.72. The molecular weight excluding hydrogens is 200 g/mol. The third-order valence-electron chi connectivity index (χ3n) is 2.49. The Labute approximate surface area is 90.3 Å². The summed E-state index contributed by atoms with van der Waals surface area (Å²) in [4.78, 5) is 11.4. The van der Waals surface area contributed by atoms with Gasteiger partial charge in [0.05, 0.1) is 18.6 Å². The number of rotatable bonds is 6. The highest BCUT2D eigenvalue weighted by Crippen LogP contribution is 2.26. The van der Waals surface area contributed by atoms with E-state index in [2.05, 4.69) is 4.74 Å². The molecule has 1 N–H and O–H groups in total. The van der Waals surface area contributed by atoms with E-state index in [4.69, 9.17) is 9.47 Å². The fraction of sp³-hybridized carbons (Fsp3) is 0.900. The molecule has 0 rings (SSSR count). The highest BCUT2D eigenvalue weighted by atomic mass is 16.7. The van der Waals surface area contributed by atoms with Crippen LogP contribution in [0.15, 0.2) is 0 Å². The monoisotopic (exact) mass is 220 g/mol. The molecule has 0 spiro atoms. The number of ether oxygens (including phenoxy) is 3. The third-order valence-corrected chi connectivity index (χ3v) is 2.49. The molecular formula is C10H20O5. The summed E-state index contributed by atoms with van der Waals surface area (Å²) >= 11 is 0. The molecule has 15 heavy (non-hydrogen) atoms. The molecule has 0 aliphatic heterocycles. The van der Waals surface area contributed by atoms with Gasteiger partial charge in [-0.3, -0.25) is 4.79 Å². The summed E-state index contributed by atoms with van der Waals surface area (Å²) in [6.45, 7) is 3.23. The van der Waals surface area contributed by atoms with E-state index in [-0.39, 0.29) is 6.42 Å². The molecule has 0 aliphatic rings. The van der Waals surface area contributed by atoms with E-state index in [1.165, 1.54) is 21.3 Å². The van der Waals surface area contributed by atoms with Crippen LogP contribution in [-0.2, 0) is 19.0 Å². The predicted octanol–water partition coefficient (Wildman–Crippen LogP) is 0.555. The van der Waals surface area contributed by atoms with Crippen molar-refractivity contribution in [3.8, 4) is 0 Å². The average molecular weight is 220 g/mol. The summed E-state index contributed by atoms with van der Waals surface area (Å²) in [7, 11) is 4.25. The van der Waals surface area contributed by atoms with Crippen LogP contribution in [0.3, 0.4) is 0 Å². The maximum absolute atomic E-state index is 11.4. The lowest BCUT2D eigenvalue weighted by Gasteiger charge is -2.29. The van der Waals surface area contributed by atoms with Gasteiger partial charge < -0.3 is 19.3 Å². The van der Waals surface area contributed by atoms with Crippen molar-refractivity contribution in [3.63, 3.8) is 0 Å². The number of hydrogen-bond donors (Lipinski definition) is 1. The molecule has 0 aromatic heterocycles. The van der Waals surface area contributed by atoms with E-state index < -0.39 is 23.8 Å². The Morgan fingerprint density at radius 1 is 1.27 bits per heavy atom. The topological polar surface area (TPSA) is 65.0 Å². The average Bonchev–Trinajstić information content (AvgIpc) is 2.23. The van der Waals surface area contributed by atoms with E-state index in [1.54, 1.807) is 13.8 Å². The van der Waals surface area contributed by atoms with Crippen LogP contribution in [0, 0.1) is 5.41 Å². The maximum atomic E-state index is 11.4. The summed E-state index contributed by atoms with van der Waals surface area (Å²) in [5.74, 6) is -0.457. The first kappa shape index (κ1) is 14.3. The highest BCUT2D eigenvalue weighted by Gasteiger charge is 2.38. The van der Waals surface area contributed by atoms with Crippen LogP contribution in [0.2, 0.25) is 0 Å². The Bertz CT molecular complexity index is 198. The smallest absolute Gasteiger partial charge is 0.313 e. The molecule has 0 aromatic carbocycles. The highest BCUT2D eigenvalue weighted by molar-refractivity contribution is 5.76. The van der Waals surface area contributed by atoms with Crippen molar-refractivity contribution < 1.29 is 24.1 Å². The molecule has 90 valence electrons. The molecule has 1 atom stereocenters. The van der Waals surface area contributed by atoms with Crippen LogP contribution in [0.4, 0.5) is 0 Å². The SMILES string of the molecule is COC(=O)C(C)(C)C(O)CC(OC)OC. The molecule has 0 aromatic rings. The normalized spacial score (nSPS) is 14.1. The second-order valence-electron chi connectivity index (χ2n) is 3.87. The van der Waals surface area contributed by atoms with Gasteiger partial charge in [0.2, 0.25) is 0 Å². The first-order chi connectivity index (χ1) is 6.89. The zero-order valence-corrected chi connectivity index (χ0v) is 9.94. The van der Waals surface area contributed by atoms with Crippen molar-refractivity contribution in [2.24, 2.45) is 5.41 Å². The van der Waals surface area contributed by atoms with Crippen LogP contribution in [-0.4, -0.2) is 44.8 Å². The van der Waals surface area contributed by atoms with Crippen LogP contribution in [0.1, 0.15) is 20.3 Å². The number of methoxy groups -OCH3 is 3. The summed E-state index contributed by atoms with van der Waals surface area (Å²) in [5, 5.41) is 9.85. The second-order valence-corrected chi connectivity index (χ2v) is 3.87. The number of aliphatic hydroxyl groups excluding tert-OH is 1. The van der Waals surface area contributed by atoms with Gasteiger partial charge in [0.15, 0.2) is 6.29 Å². The molecule has 0 fully saturated rings. The molecule has 0 aliphatic carbocycles. The minimum atomic E-state index is -0.968. The Kier molecular flexibility index (Phi) is 5.79. The molecule has 0 heterocycles. The van der Waals surface area contributed by atoms with Crippen molar-refractivity contribution in [3.05, 3.63) is 0 Å². The molecule has 0 bridgehead atoms. The van der Waals surface area contributed by atoms with Gasteiger partial charge in [-0.2, -0.15) is 0 Å². The summed E-state index contributed by atoms with van der Waals surface area (Å²) < 4.78 is 14.5. The fourth-order valence-corrected chi connectivity index (χ4v) is 1.16. The Hall–Kier alpha value is -0.650. The van der Waals surface area contributed by atoms with Crippen molar-refractivity contribution in [2.75, 3.05) is 21.3 Å². The summed E-state index contributed by atoms with van der Waals surface area (Å²) in [6.07, 6.45) is -1.19. The molecule has 0 saturated heterocycles. The van der Waals surface area contributed by atoms with Gasteiger partial charge in [-0.1, -0.05) is 0 Å². The minimum Gasteiger partial charge on any atom is -0.469 e. The fourth-order valence-electron chi connectivity index (χ4n) is 1.16. The molecule has 0 radical (unpaired) electrons. The van der Waals surface area contributed by atoms with Gasteiger partial charge >= 0.3 is 5.97 Å². The number of esters is 1. The lowest BCUT2D eigenvalue weighted by Crippen LogP contribution is -2.40. The van der Waals surface area contributed by atoms with Gasteiger partial charge in [-0.15, -0.1) is 0 Å². The number of aliphatic hydroxyl groups is 1. The molecule has 5 heteroatoms. The van der Waals surface area contributed by atoms with Crippen LogP contribution in [0.25, 0.3) is 0 Å². The predicted molar refractivity (Wildman–Crippen MR) is 54.2 cm³/mol. The molecule has 5 nitrogen and oxygen atoms in total. The summed E-state index contributed by atoms with van der Waals surface area (Å²) in [5.41, 5.74) is -0.968. The number of carbonyl (C=O) groups is 1. The van der Waals surface area contributed by atoms with Crippen LogP contribution in [0.5, 0.6) is 0 Å². The van der Waals surface area contributed by atoms with E-state index in [1.807, 2.05) is 0 Å². The van der Waals surface area contributed by atoms with Crippen molar-refractivity contribution in [1.29, 1.82) is 0 Å². The first-order valence-electron chi connectivity index (χ1n) is 4.72. The summed E-state index contributed by atoms with van der Waals surface area (Å²) in [6, 6.07) is 0. The second kappa shape index (κ2) is 6.05. The van der Waals surface area contributed by atoms with E-state index in [0.29, 0.717) is 0 Å². The number of carbonyl (C=O) groups excluding carboxylic acids is 1. The standard InChI is InChI=1S/C10H20O5/c1-10(2,9(12)15-5)7(11)6-8(13-3)14-4/h7-8,11H,6H2,1-5H3. The molecule has 0 saturated carbocycles. The quantitative estimate of drug-likeness (QED) is 0.523. The Morgan fingerprint density at radius 2 is 1.73 bits per heavy atom. The van der Waals surface area contributed by atoms with Gasteiger partial charge in [0.25, 0.3) is 0 Å². The van der Waals surface area contributed by atoms with Crippen molar-refractivity contribution in [2.45, 2.75) is 32.7 Å². The Balaban J connectivity index is 4.41. The van der Waals surface area contributed by atoms with Gasteiger partial charge in [-0.05, 0) is 13.8 Å². The Morgan fingerprint density at radius 3 is 2.07 bits per heavy atom. The lowest BCUT2D eigenvalue weighted by atomic mass is 9.84. The molecule has 0 amide bonds. The van der Waals surface area contributed by atoms with Crippen LogP contribution < -0.4 is 0 Å². The largest absolute Gasteiger partial charge is 0.469 e. The molecule has 1 unspecified atom stereocenters. The zero-order valence-electron chi connectivity index (χ0n) is 9.94. The van der Waals surface area contributed by atoms with E-state index in [9.17, 15) is 9.90 Å². The van der Waals surface area contributed by atoms with Gasteiger partial charge in [0, 0.05) is 20.6 Å². The lowest BCUT2D eigenvalue weighted by molar-refractivity contribution is -0.166. The van der Waals surface area contributed by atoms with Crippen molar-refractivity contribution >= 4 is 5.97 Å². The van der Waals surface area contributed by atoms with Crippen LogP contribution >= 0.6 is 0 Å². The van der Waals surface area contributed by atoms with E-state index in [0.717, 1.165) is 0 Å². The maximum Gasteiger partial charge on any atom is 0.313 e. The number of hydrogen-bond acceptors (Lipinski definition) is 5. The van der Waals surface area contributed by atoms with Gasteiger partial charge in [0.1, 0.15) is 0 Å². The zero-order chi connectivity index (χ0) is 12.1. The van der Waals surface area contributed by atoms with E-state index >= 15 is 0 Å². The van der Waals surface area contributed by atoms with Crippen molar-refractivity contribution in [1.82, 2.24) is 0 Å². The third kappa shape index (κ3) is 3.77.